The van der Waals surface area contributed by atoms with Gasteiger partial charge in [-0.2, -0.15) is 0 Å². The lowest BCUT2D eigenvalue weighted by Gasteiger charge is -2.34. The molecule has 0 bridgehead atoms. The van der Waals surface area contributed by atoms with Gasteiger partial charge in [0.15, 0.2) is 0 Å². The van der Waals surface area contributed by atoms with Crippen LogP contribution >= 0.6 is 0 Å². The molecule has 3 rings (SSSR count). The van der Waals surface area contributed by atoms with Crippen molar-refractivity contribution >= 4 is 17.9 Å². The Morgan fingerprint density at radius 3 is 2.37 bits per heavy atom. The second-order valence-corrected chi connectivity index (χ2v) is 7.29. The summed E-state index contributed by atoms with van der Waals surface area (Å²) in [5.41, 5.74) is 2.21. The highest BCUT2D eigenvalue weighted by Crippen LogP contribution is 2.14. The zero-order valence-corrected chi connectivity index (χ0v) is 17.4. The van der Waals surface area contributed by atoms with Crippen LogP contribution in [-0.2, 0) is 16.1 Å². The summed E-state index contributed by atoms with van der Waals surface area (Å²) in [6.07, 6.45) is 3.58. The summed E-state index contributed by atoms with van der Waals surface area (Å²) >= 11 is 0. The fourth-order valence-electron chi connectivity index (χ4n) is 3.39. The SMILES string of the molecule is COc1ccc(CN2CCN(C(=O)CCNC(=O)/C=C/c3ccccc3)CC2)cc1. The number of nitrogens with zero attached hydrogens (tertiary/aromatic N) is 2. The number of hydrogen-bond acceptors (Lipinski definition) is 4. The lowest BCUT2D eigenvalue weighted by Crippen LogP contribution is -2.48. The highest BCUT2D eigenvalue weighted by Gasteiger charge is 2.20. The Bertz CT molecular complexity index is 842. The second kappa shape index (κ2) is 11.2. The Kier molecular flexibility index (Phi) is 8.03. The molecule has 2 aromatic carbocycles. The molecule has 30 heavy (non-hydrogen) atoms. The van der Waals surface area contributed by atoms with Crippen molar-refractivity contribution < 1.29 is 14.3 Å². The number of nitrogens with one attached hydrogen (secondary N) is 1. The zero-order valence-electron chi connectivity index (χ0n) is 17.4. The number of piperazine rings is 1. The van der Waals surface area contributed by atoms with Gasteiger partial charge in [0.1, 0.15) is 5.75 Å². The predicted octanol–water partition coefficient (Wildman–Crippen LogP) is 2.56. The lowest BCUT2D eigenvalue weighted by molar-refractivity contribution is -0.132. The van der Waals surface area contributed by atoms with Crippen LogP contribution in [0.15, 0.2) is 60.7 Å². The first kappa shape index (κ1) is 21.6. The first-order chi connectivity index (χ1) is 14.6. The maximum absolute atomic E-state index is 12.4. The van der Waals surface area contributed by atoms with Crippen LogP contribution in [-0.4, -0.2) is 61.4 Å². The maximum Gasteiger partial charge on any atom is 0.244 e. The van der Waals surface area contributed by atoms with E-state index in [0.29, 0.717) is 13.0 Å². The minimum atomic E-state index is -0.184. The van der Waals surface area contributed by atoms with E-state index in [0.717, 1.165) is 44.0 Å². The smallest absolute Gasteiger partial charge is 0.244 e. The van der Waals surface area contributed by atoms with Gasteiger partial charge in [0.05, 0.1) is 7.11 Å². The molecule has 0 aromatic heterocycles. The van der Waals surface area contributed by atoms with E-state index in [2.05, 4.69) is 22.3 Å². The molecule has 2 amide bonds. The zero-order chi connectivity index (χ0) is 21.2. The summed E-state index contributed by atoms with van der Waals surface area (Å²) in [7, 11) is 1.66. The van der Waals surface area contributed by atoms with E-state index < -0.39 is 0 Å². The second-order valence-electron chi connectivity index (χ2n) is 7.29. The molecule has 0 spiro atoms. The van der Waals surface area contributed by atoms with Crippen molar-refractivity contribution in [2.24, 2.45) is 0 Å². The molecule has 0 radical (unpaired) electrons. The van der Waals surface area contributed by atoms with E-state index in [1.165, 1.54) is 11.6 Å². The third-order valence-electron chi connectivity index (χ3n) is 5.16. The van der Waals surface area contributed by atoms with Crippen LogP contribution in [0, 0.1) is 0 Å². The Hall–Kier alpha value is -3.12. The van der Waals surface area contributed by atoms with E-state index in [4.69, 9.17) is 4.74 Å². The number of ether oxygens (including phenoxy) is 1. The van der Waals surface area contributed by atoms with Crippen molar-refractivity contribution in [1.82, 2.24) is 15.1 Å². The Morgan fingerprint density at radius 1 is 1.00 bits per heavy atom. The van der Waals surface area contributed by atoms with E-state index in [9.17, 15) is 9.59 Å². The standard InChI is InChI=1S/C24H29N3O3/c1-30-22-10-7-21(8-11-22)19-26-15-17-27(18-16-26)24(29)13-14-25-23(28)12-9-20-5-3-2-4-6-20/h2-12H,13-19H2,1H3,(H,25,28)/b12-9+. The number of carbonyl (C=O) groups is 2. The van der Waals surface area contributed by atoms with Crippen LogP contribution in [0.5, 0.6) is 5.75 Å². The minimum Gasteiger partial charge on any atom is -0.497 e. The van der Waals surface area contributed by atoms with Gasteiger partial charge < -0.3 is 15.0 Å². The van der Waals surface area contributed by atoms with Crippen molar-refractivity contribution in [3.8, 4) is 5.75 Å². The van der Waals surface area contributed by atoms with E-state index in [-0.39, 0.29) is 11.8 Å². The Balaban J connectivity index is 1.33. The van der Waals surface area contributed by atoms with Crippen LogP contribution in [0.3, 0.4) is 0 Å². The molecule has 1 fully saturated rings. The van der Waals surface area contributed by atoms with Crippen LogP contribution in [0.1, 0.15) is 17.5 Å². The summed E-state index contributed by atoms with van der Waals surface area (Å²) < 4.78 is 5.19. The van der Waals surface area contributed by atoms with Crippen molar-refractivity contribution in [3.63, 3.8) is 0 Å². The predicted molar refractivity (Wildman–Crippen MR) is 118 cm³/mol. The maximum atomic E-state index is 12.4. The molecule has 6 heteroatoms. The van der Waals surface area contributed by atoms with E-state index in [1.807, 2.05) is 47.4 Å². The van der Waals surface area contributed by atoms with Gasteiger partial charge >= 0.3 is 0 Å². The fourth-order valence-corrected chi connectivity index (χ4v) is 3.39. The summed E-state index contributed by atoms with van der Waals surface area (Å²) in [6, 6.07) is 17.7. The number of amides is 2. The normalized spacial score (nSPS) is 14.6. The van der Waals surface area contributed by atoms with Crippen LogP contribution in [0.2, 0.25) is 0 Å². The molecular formula is C24H29N3O3. The van der Waals surface area contributed by atoms with Crippen molar-refractivity contribution in [1.29, 1.82) is 0 Å². The average molecular weight is 408 g/mol. The van der Waals surface area contributed by atoms with Gasteiger partial charge in [0.2, 0.25) is 11.8 Å². The fraction of sp³-hybridized carbons (Fsp3) is 0.333. The number of hydrogen-bond donors (Lipinski definition) is 1. The molecular weight excluding hydrogens is 378 g/mol. The molecule has 1 N–H and O–H groups in total. The summed E-state index contributed by atoms with van der Waals surface area (Å²) in [4.78, 5) is 28.5. The molecule has 6 nitrogen and oxygen atoms in total. The van der Waals surface area contributed by atoms with Gasteiger partial charge in [0.25, 0.3) is 0 Å². The number of methoxy groups -OCH3 is 1. The Morgan fingerprint density at radius 2 is 1.70 bits per heavy atom. The number of rotatable bonds is 8. The molecule has 0 atom stereocenters. The van der Waals surface area contributed by atoms with E-state index >= 15 is 0 Å². The van der Waals surface area contributed by atoms with Gasteiger partial charge in [-0.05, 0) is 29.3 Å². The van der Waals surface area contributed by atoms with Crippen LogP contribution in [0.25, 0.3) is 6.08 Å². The highest BCUT2D eigenvalue weighted by molar-refractivity contribution is 5.92. The Labute approximate surface area is 178 Å². The third kappa shape index (κ3) is 6.74. The molecule has 0 saturated carbocycles. The first-order valence-electron chi connectivity index (χ1n) is 10.3. The lowest BCUT2D eigenvalue weighted by atomic mass is 10.2. The third-order valence-corrected chi connectivity index (χ3v) is 5.16. The quantitative estimate of drug-likeness (QED) is 0.684. The monoisotopic (exact) mass is 407 g/mol. The molecule has 0 unspecified atom stereocenters. The van der Waals surface area contributed by atoms with Crippen LogP contribution in [0.4, 0.5) is 0 Å². The topological polar surface area (TPSA) is 61.9 Å². The number of carbonyl (C=O) groups excluding carboxylic acids is 2. The highest BCUT2D eigenvalue weighted by atomic mass is 16.5. The molecule has 158 valence electrons. The molecule has 1 aliphatic rings. The summed E-state index contributed by atoms with van der Waals surface area (Å²) in [5.74, 6) is 0.763. The van der Waals surface area contributed by atoms with Crippen LogP contribution < -0.4 is 10.1 Å². The minimum absolute atomic E-state index is 0.0893. The van der Waals surface area contributed by atoms with Crippen molar-refractivity contribution in [3.05, 3.63) is 71.8 Å². The summed E-state index contributed by atoms with van der Waals surface area (Å²) in [6.45, 7) is 4.36. The van der Waals surface area contributed by atoms with Gasteiger partial charge in [-0.1, -0.05) is 42.5 Å². The molecule has 1 aliphatic heterocycles. The number of benzene rings is 2. The van der Waals surface area contributed by atoms with Gasteiger partial charge in [0, 0.05) is 51.8 Å². The van der Waals surface area contributed by atoms with Crippen molar-refractivity contribution in [2.45, 2.75) is 13.0 Å². The van der Waals surface area contributed by atoms with Gasteiger partial charge in [-0.25, -0.2) is 0 Å². The van der Waals surface area contributed by atoms with Crippen molar-refractivity contribution in [2.75, 3.05) is 39.8 Å². The summed E-state index contributed by atoms with van der Waals surface area (Å²) in [5, 5.41) is 2.78. The molecule has 1 heterocycles. The molecule has 2 aromatic rings. The average Bonchev–Trinajstić information content (AvgIpc) is 2.79. The largest absolute Gasteiger partial charge is 0.497 e. The molecule has 1 saturated heterocycles. The van der Waals surface area contributed by atoms with E-state index in [1.54, 1.807) is 13.2 Å². The first-order valence-corrected chi connectivity index (χ1v) is 10.3. The van der Waals surface area contributed by atoms with Gasteiger partial charge in [-0.15, -0.1) is 0 Å². The van der Waals surface area contributed by atoms with Gasteiger partial charge in [-0.3, -0.25) is 14.5 Å². The molecule has 0 aliphatic carbocycles.